The van der Waals surface area contributed by atoms with Crippen molar-refractivity contribution in [1.29, 1.82) is 0 Å². The Morgan fingerprint density at radius 3 is 2.28 bits per heavy atom. The second kappa shape index (κ2) is 9.16. The molecule has 0 unspecified atom stereocenters. The van der Waals surface area contributed by atoms with Crippen LogP contribution < -0.4 is 10.2 Å². The monoisotopic (exact) mass is 340 g/mol. The maximum Gasteiger partial charge on any atom is 0.275 e. The third-order valence-electron chi connectivity index (χ3n) is 4.35. The van der Waals surface area contributed by atoms with Crippen molar-refractivity contribution in [3.05, 3.63) is 47.4 Å². The van der Waals surface area contributed by atoms with Crippen LogP contribution in [0.1, 0.15) is 55.2 Å². The van der Waals surface area contributed by atoms with Crippen LogP contribution in [0.2, 0.25) is 0 Å². The molecule has 134 valence electrons. The van der Waals surface area contributed by atoms with Crippen molar-refractivity contribution in [2.75, 3.05) is 23.8 Å². The summed E-state index contributed by atoms with van der Waals surface area (Å²) in [7, 11) is 1.99. The molecular formula is C20H28N4O. The number of carbonyl (C=O) groups is 1. The van der Waals surface area contributed by atoms with E-state index in [9.17, 15) is 4.79 Å². The molecule has 1 aromatic heterocycles. The van der Waals surface area contributed by atoms with E-state index in [-0.39, 0.29) is 5.91 Å². The second-order valence-electron chi connectivity index (χ2n) is 6.15. The van der Waals surface area contributed by atoms with Gasteiger partial charge < -0.3 is 10.2 Å². The lowest BCUT2D eigenvalue weighted by Crippen LogP contribution is -2.21. The van der Waals surface area contributed by atoms with Gasteiger partial charge in [0, 0.05) is 19.3 Å². The van der Waals surface area contributed by atoms with Crippen molar-refractivity contribution >= 4 is 17.4 Å². The quantitative estimate of drug-likeness (QED) is 0.786. The Labute approximate surface area is 150 Å². The van der Waals surface area contributed by atoms with Crippen molar-refractivity contribution < 1.29 is 4.79 Å². The summed E-state index contributed by atoms with van der Waals surface area (Å²) in [5, 5.41) is 3.03. The Bertz CT molecular complexity index is 675. The summed E-state index contributed by atoms with van der Waals surface area (Å²) < 4.78 is 0. The smallest absolute Gasteiger partial charge is 0.275 e. The Morgan fingerprint density at radius 2 is 1.76 bits per heavy atom. The standard InChI is InChI=1S/C20H28N4O/c1-5-8-12-24(4)18-14-21-17(13-22-18)20(25)23-19-15(6-2)10-9-11-16(19)7-3/h9-11,13-14H,5-8,12H2,1-4H3,(H,23,25). The maximum atomic E-state index is 12.6. The highest BCUT2D eigenvalue weighted by atomic mass is 16.1. The van der Waals surface area contributed by atoms with Gasteiger partial charge in [-0.15, -0.1) is 0 Å². The number of anilines is 2. The normalized spacial score (nSPS) is 10.6. The van der Waals surface area contributed by atoms with Crippen LogP contribution in [0.15, 0.2) is 30.6 Å². The molecule has 1 amide bonds. The first-order chi connectivity index (χ1) is 12.1. The average molecular weight is 340 g/mol. The van der Waals surface area contributed by atoms with Gasteiger partial charge in [-0.05, 0) is 30.4 Å². The number of para-hydroxylation sites is 1. The Kier molecular flexibility index (Phi) is 6.92. The third-order valence-corrected chi connectivity index (χ3v) is 4.35. The van der Waals surface area contributed by atoms with Crippen LogP contribution in [0.4, 0.5) is 11.5 Å². The fourth-order valence-corrected chi connectivity index (χ4v) is 2.73. The summed E-state index contributed by atoms with van der Waals surface area (Å²) >= 11 is 0. The summed E-state index contributed by atoms with van der Waals surface area (Å²) in [4.78, 5) is 23.3. The summed E-state index contributed by atoms with van der Waals surface area (Å²) in [5.74, 6) is 0.569. The van der Waals surface area contributed by atoms with Gasteiger partial charge in [-0.25, -0.2) is 9.97 Å². The van der Waals surface area contributed by atoms with E-state index in [2.05, 4.69) is 41.0 Å². The van der Waals surface area contributed by atoms with Gasteiger partial charge in [-0.2, -0.15) is 0 Å². The number of hydrogen-bond donors (Lipinski definition) is 1. The van der Waals surface area contributed by atoms with E-state index in [4.69, 9.17) is 0 Å². The zero-order valence-corrected chi connectivity index (χ0v) is 15.7. The fraction of sp³-hybridized carbons (Fsp3) is 0.450. The number of aryl methyl sites for hydroxylation is 2. The number of benzene rings is 1. The lowest BCUT2D eigenvalue weighted by atomic mass is 10.0. The predicted molar refractivity (Wildman–Crippen MR) is 103 cm³/mol. The molecule has 1 N–H and O–H groups in total. The molecule has 0 spiro atoms. The predicted octanol–water partition coefficient (Wildman–Crippen LogP) is 4.09. The van der Waals surface area contributed by atoms with Gasteiger partial charge in [0.2, 0.25) is 0 Å². The van der Waals surface area contributed by atoms with Crippen molar-refractivity contribution in [2.45, 2.75) is 46.5 Å². The van der Waals surface area contributed by atoms with E-state index in [1.54, 1.807) is 12.4 Å². The number of unbranched alkanes of at least 4 members (excludes halogenated alkanes) is 1. The molecule has 1 aromatic carbocycles. The molecule has 0 radical (unpaired) electrons. The second-order valence-corrected chi connectivity index (χ2v) is 6.15. The minimum atomic E-state index is -0.217. The minimum absolute atomic E-state index is 0.217. The molecular weight excluding hydrogens is 312 g/mol. The Morgan fingerprint density at radius 1 is 1.08 bits per heavy atom. The highest BCUT2D eigenvalue weighted by Crippen LogP contribution is 2.23. The highest BCUT2D eigenvalue weighted by Gasteiger charge is 2.14. The minimum Gasteiger partial charge on any atom is -0.358 e. The molecule has 5 heteroatoms. The van der Waals surface area contributed by atoms with Gasteiger partial charge in [0.05, 0.1) is 12.4 Å². The molecule has 5 nitrogen and oxygen atoms in total. The highest BCUT2D eigenvalue weighted by molar-refractivity contribution is 6.03. The summed E-state index contributed by atoms with van der Waals surface area (Å²) in [6.45, 7) is 7.27. The molecule has 2 rings (SSSR count). The molecule has 0 atom stereocenters. The molecule has 0 bridgehead atoms. The molecule has 0 saturated heterocycles. The van der Waals surface area contributed by atoms with Crippen LogP contribution >= 0.6 is 0 Å². The average Bonchev–Trinajstić information content (AvgIpc) is 2.66. The van der Waals surface area contributed by atoms with Gasteiger partial charge >= 0.3 is 0 Å². The number of nitrogens with zero attached hydrogens (tertiary/aromatic N) is 3. The molecule has 0 aliphatic carbocycles. The van der Waals surface area contributed by atoms with Gasteiger partial charge in [0.1, 0.15) is 11.5 Å². The summed E-state index contributed by atoms with van der Waals surface area (Å²) in [5.41, 5.74) is 3.51. The summed E-state index contributed by atoms with van der Waals surface area (Å²) in [6.07, 6.45) is 7.19. The topological polar surface area (TPSA) is 58.1 Å². The van der Waals surface area contributed by atoms with E-state index in [0.717, 1.165) is 54.9 Å². The van der Waals surface area contributed by atoms with E-state index < -0.39 is 0 Å². The lowest BCUT2D eigenvalue weighted by Gasteiger charge is -2.17. The van der Waals surface area contributed by atoms with Crippen molar-refractivity contribution in [3.63, 3.8) is 0 Å². The van der Waals surface area contributed by atoms with Crippen LogP contribution in [0.3, 0.4) is 0 Å². The first-order valence-electron chi connectivity index (χ1n) is 9.05. The third kappa shape index (κ3) is 4.78. The lowest BCUT2D eigenvalue weighted by molar-refractivity contribution is 0.102. The van der Waals surface area contributed by atoms with Crippen molar-refractivity contribution in [3.8, 4) is 0 Å². The van der Waals surface area contributed by atoms with Gasteiger partial charge in [0.25, 0.3) is 5.91 Å². The number of amides is 1. The fourth-order valence-electron chi connectivity index (χ4n) is 2.73. The number of carbonyl (C=O) groups excluding carboxylic acids is 1. The van der Waals surface area contributed by atoms with Gasteiger partial charge in [0.15, 0.2) is 0 Å². The molecule has 0 saturated carbocycles. The first kappa shape index (κ1) is 18.9. The number of aromatic nitrogens is 2. The Hall–Kier alpha value is -2.43. The molecule has 0 aliphatic rings. The summed E-state index contributed by atoms with van der Waals surface area (Å²) in [6, 6.07) is 6.13. The van der Waals surface area contributed by atoms with Crippen LogP contribution in [0.5, 0.6) is 0 Å². The maximum absolute atomic E-state index is 12.6. The molecule has 1 heterocycles. The number of rotatable bonds is 8. The molecule has 2 aromatic rings. The van der Waals surface area contributed by atoms with Crippen LogP contribution in [-0.4, -0.2) is 29.5 Å². The molecule has 25 heavy (non-hydrogen) atoms. The van der Waals surface area contributed by atoms with Crippen molar-refractivity contribution in [1.82, 2.24) is 9.97 Å². The zero-order chi connectivity index (χ0) is 18.2. The largest absolute Gasteiger partial charge is 0.358 e. The molecule has 0 fully saturated rings. The van der Waals surface area contributed by atoms with Crippen LogP contribution in [0, 0.1) is 0 Å². The van der Waals surface area contributed by atoms with E-state index in [1.165, 1.54) is 0 Å². The van der Waals surface area contributed by atoms with Crippen LogP contribution in [-0.2, 0) is 12.8 Å². The first-order valence-corrected chi connectivity index (χ1v) is 9.05. The van der Waals surface area contributed by atoms with E-state index in [1.807, 2.05) is 25.2 Å². The van der Waals surface area contributed by atoms with E-state index in [0.29, 0.717) is 5.69 Å². The number of hydrogen-bond acceptors (Lipinski definition) is 4. The number of nitrogens with one attached hydrogen (secondary N) is 1. The zero-order valence-electron chi connectivity index (χ0n) is 15.7. The van der Waals surface area contributed by atoms with Gasteiger partial charge in [-0.1, -0.05) is 45.4 Å². The van der Waals surface area contributed by atoms with Gasteiger partial charge in [-0.3, -0.25) is 4.79 Å². The SMILES string of the molecule is CCCCN(C)c1cnc(C(=O)Nc2c(CC)cccc2CC)cn1. The van der Waals surface area contributed by atoms with Crippen LogP contribution in [0.25, 0.3) is 0 Å². The Balaban J connectivity index is 2.14. The molecule has 0 aliphatic heterocycles. The van der Waals surface area contributed by atoms with Crippen molar-refractivity contribution in [2.24, 2.45) is 0 Å². The van der Waals surface area contributed by atoms with E-state index >= 15 is 0 Å².